The number of methoxy groups -OCH3 is 1. The van der Waals surface area contributed by atoms with E-state index in [4.69, 9.17) is 10.5 Å². The van der Waals surface area contributed by atoms with Crippen LogP contribution in [0.2, 0.25) is 0 Å². The number of hydrogen-bond acceptors (Lipinski definition) is 2. The van der Waals surface area contributed by atoms with E-state index >= 15 is 0 Å². The minimum atomic E-state index is 0. The maximum Gasteiger partial charge on any atom is 0.119 e. The number of hydrogen-bond donors (Lipinski definition) is 1. The smallest absolute Gasteiger partial charge is 0.119 e. The molecule has 1 aromatic carbocycles. The van der Waals surface area contributed by atoms with Crippen LogP contribution >= 0.6 is 12.4 Å². The molecule has 80 valence electrons. The molecule has 0 spiro atoms. The lowest BCUT2D eigenvalue weighted by molar-refractivity contribution is 0.414. The van der Waals surface area contributed by atoms with E-state index in [9.17, 15) is 0 Å². The third-order valence-electron chi connectivity index (χ3n) is 2.30. The van der Waals surface area contributed by atoms with Crippen LogP contribution in [0.1, 0.15) is 16.7 Å². The average Bonchev–Trinajstić information content (AvgIpc) is 2.11. The Balaban J connectivity index is 0.00000169. The van der Waals surface area contributed by atoms with Crippen LogP contribution in [0.25, 0.3) is 0 Å². The largest absolute Gasteiger partial charge is 0.497 e. The van der Waals surface area contributed by atoms with Crippen molar-refractivity contribution < 1.29 is 4.74 Å². The van der Waals surface area contributed by atoms with Gasteiger partial charge in [-0.05, 0) is 55.6 Å². The molecule has 0 radical (unpaired) electrons. The molecule has 14 heavy (non-hydrogen) atoms. The van der Waals surface area contributed by atoms with Gasteiger partial charge in [-0.1, -0.05) is 0 Å². The third kappa shape index (κ3) is 2.89. The lowest BCUT2D eigenvalue weighted by atomic mass is 10.00. The van der Waals surface area contributed by atoms with Gasteiger partial charge in [-0.15, -0.1) is 12.4 Å². The molecule has 0 fully saturated rings. The second kappa shape index (κ2) is 5.89. The van der Waals surface area contributed by atoms with E-state index in [0.29, 0.717) is 6.54 Å². The van der Waals surface area contributed by atoms with Gasteiger partial charge in [0, 0.05) is 0 Å². The van der Waals surface area contributed by atoms with Crippen molar-refractivity contribution in [3.05, 3.63) is 28.8 Å². The van der Waals surface area contributed by atoms with Gasteiger partial charge in [0.05, 0.1) is 7.11 Å². The molecule has 0 bridgehead atoms. The number of halogens is 1. The summed E-state index contributed by atoms with van der Waals surface area (Å²) in [5.41, 5.74) is 9.42. The maximum absolute atomic E-state index is 5.54. The van der Waals surface area contributed by atoms with E-state index in [1.54, 1.807) is 7.11 Å². The van der Waals surface area contributed by atoms with Gasteiger partial charge in [-0.2, -0.15) is 0 Å². The minimum absolute atomic E-state index is 0. The van der Waals surface area contributed by atoms with Crippen molar-refractivity contribution in [3.8, 4) is 5.75 Å². The van der Waals surface area contributed by atoms with Crippen LogP contribution in [-0.2, 0) is 6.42 Å². The summed E-state index contributed by atoms with van der Waals surface area (Å²) >= 11 is 0. The van der Waals surface area contributed by atoms with Gasteiger partial charge in [0.1, 0.15) is 5.75 Å². The van der Waals surface area contributed by atoms with Gasteiger partial charge in [0.25, 0.3) is 0 Å². The van der Waals surface area contributed by atoms with Crippen molar-refractivity contribution in [2.75, 3.05) is 13.7 Å². The van der Waals surface area contributed by atoms with Crippen LogP contribution in [0.4, 0.5) is 0 Å². The van der Waals surface area contributed by atoms with Crippen LogP contribution in [0.5, 0.6) is 5.75 Å². The molecule has 2 N–H and O–H groups in total. The third-order valence-corrected chi connectivity index (χ3v) is 2.30. The van der Waals surface area contributed by atoms with E-state index in [1.165, 1.54) is 16.7 Å². The Morgan fingerprint density at radius 1 is 1.21 bits per heavy atom. The predicted octanol–water partition coefficient (Wildman–Crippen LogP) is 2.24. The molecule has 0 aliphatic carbocycles. The molecule has 2 nitrogen and oxygen atoms in total. The van der Waals surface area contributed by atoms with E-state index in [0.717, 1.165) is 12.2 Å². The fraction of sp³-hybridized carbons (Fsp3) is 0.455. The predicted molar refractivity (Wildman–Crippen MR) is 62.5 cm³/mol. The van der Waals surface area contributed by atoms with Crippen molar-refractivity contribution in [1.29, 1.82) is 0 Å². The standard InChI is InChI=1S/C11H17NO.ClH/c1-8-6-10(13-3)7-9(2)11(8)4-5-12;/h6-7H,4-5,12H2,1-3H3;1H. The molecule has 0 heterocycles. The monoisotopic (exact) mass is 215 g/mol. The molecule has 3 heteroatoms. The Bertz CT molecular complexity index is 276. The summed E-state index contributed by atoms with van der Waals surface area (Å²) in [6, 6.07) is 4.11. The number of nitrogens with two attached hydrogens (primary N) is 1. The normalized spacial score (nSPS) is 9.43. The topological polar surface area (TPSA) is 35.2 Å². The number of benzene rings is 1. The van der Waals surface area contributed by atoms with Gasteiger partial charge in [-0.3, -0.25) is 0 Å². The van der Waals surface area contributed by atoms with Crippen LogP contribution in [-0.4, -0.2) is 13.7 Å². The Hall–Kier alpha value is -0.730. The summed E-state index contributed by atoms with van der Waals surface area (Å²) in [6.45, 7) is 4.90. The van der Waals surface area contributed by atoms with Gasteiger partial charge < -0.3 is 10.5 Å². The van der Waals surface area contributed by atoms with Gasteiger partial charge in [-0.25, -0.2) is 0 Å². The van der Waals surface area contributed by atoms with Crippen molar-refractivity contribution in [1.82, 2.24) is 0 Å². The zero-order valence-corrected chi connectivity index (χ0v) is 9.78. The average molecular weight is 216 g/mol. The second-order valence-electron chi connectivity index (χ2n) is 3.28. The summed E-state index contributed by atoms with van der Waals surface area (Å²) < 4.78 is 5.18. The van der Waals surface area contributed by atoms with Gasteiger partial charge >= 0.3 is 0 Å². The lowest BCUT2D eigenvalue weighted by Crippen LogP contribution is -2.06. The summed E-state index contributed by atoms with van der Waals surface area (Å²) in [4.78, 5) is 0. The molecule has 0 amide bonds. The highest BCUT2D eigenvalue weighted by molar-refractivity contribution is 5.85. The first-order chi connectivity index (χ1) is 6.19. The number of ether oxygens (including phenoxy) is 1. The summed E-state index contributed by atoms with van der Waals surface area (Å²) in [5, 5.41) is 0. The highest BCUT2D eigenvalue weighted by Gasteiger charge is 2.03. The van der Waals surface area contributed by atoms with Crippen molar-refractivity contribution in [2.24, 2.45) is 5.73 Å². The molecule has 0 saturated heterocycles. The number of aryl methyl sites for hydroxylation is 2. The van der Waals surface area contributed by atoms with E-state index in [-0.39, 0.29) is 12.4 Å². The first-order valence-electron chi connectivity index (χ1n) is 4.53. The summed E-state index contributed by atoms with van der Waals surface area (Å²) in [6.07, 6.45) is 0.946. The van der Waals surface area contributed by atoms with E-state index in [1.807, 2.05) is 0 Å². The first-order valence-corrected chi connectivity index (χ1v) is 4.53. The Kier molecular flexibility index (Phi) is 5.58. The molecular formula is C11H18ClNO. The van der Waals surface area contributed by atoms with E-state index < -0.39 is 0 Å². The fourth-order valence-electron chi connectivity index (χ4n) is 1.61. The number of rotatable bonds is 3. The minimum Gasteiger partial charge on any atom is -0.497 e. The highest BCUT2D eigenvalue weighted by atomic mass is 35.5. The molecule has 0 atom stereocenters. The van der Waals surface area contributed by atoms with Crippen molar-refractivity contribution in [2.45, 2.75) is 20.3 Å². The highest BCUT2D eigenvalue weighted by Crippen LogP contribution is 2.21. The quantitative estimate of drug-likeness (QED) is 0.840. The maximum atomic E-state index is 5.54. The SMILES string of the molecule is COc1cc(C)c(CCN)c(C)c1.Cl. The molecule has 0 aliphatic rings. The van der Waals surface area contributed by atoms with Crippen LogP contribution < -0.4 is 10.5 Å². The molecule has 0 saturated carbocycles. The molecule has 1 aromatic rings. The molecular weight excluding hydrogens is 198 g/mol. The molecule has 0 aliphatic heterocycles. The van der Waals surface area contributed by atoms with Crippen LogP contribution in [0, 0.1) is 13.8 Å². The zero-order chi connectivity index (χ0) is 9.84. The van der Waals surface area contributed by atoms with E-state index in [2.05, 4.69) is 26.0 Å². The Morgan fingerprint density at radius 2 is 1.71 bits per heavy atom. The summed E-state index contributed by atoms with van der Waals surface area (Å²) in [5.74, 6) is 0.927. The Morgan fingerprint density at radius 3 is 2.07 bits per heavy atom. The Labute approximate surface area is 91.9 Å². The first kappa shape index (κ1) is 13.3. The van der Waals surface area contributed by atoms with Crippen molar-refractivity contribution in [3.63, 3.8) is 0 Å². The lowest BCUT2D eigenvalue weighted by Gasteiger charge is -2.10. The molecule has 0 unspecified atom stereocenters. The fourth-order valence-corrected chi connectivity index (χ4v) is 1.61. The second-order valence-corrected chi connectivity index (χ2v) is 3.28. The van der Waals surface area contributed by atoms with Crippen LogP contribution in [0.3, 0.4) is 0 Å². The zero-order valence-electron chi connectivity index (χ0n) is 8.96. The molecule has 1 rings (SSSR count). The van der Waals surface area contributed by atoms with Gasteiger partial charge in [0.2, 0.25) is 0 Å². The van der Waals surface area contributed by atoms with Crippen molar-refractivity contribution >= 4 is 12.4 Å². The van der Waals surface area contributed by atoms with Crippen LogP contribution in [0.15, 0.2) is 12.1 Å². The van der Waals surface area contributed by atoms with Gasteiger partial charge in [0.15, 0.2) is 0 Å². The molecule has 0 aromatic heterocycles. The summed E-state index contributed by atoms with van der Waals surface area (Å²) in [7, 11) is 1.69.